The van der Waals surface area contributed by atoms with E-state index in [0.717, 1.165) is 17.1 Å². The van der Waals surface area contributed by atoms with Crippen LogP contribution in [0.1, 0.15) is 12.5 Å². The van der Waals surface area contributed by atoms with Crippen LogP contribution in [0, 0.1) is 0 Å². The summed E-state index contributed by atoms with van der Waals surface area (Å²) in [5, 5.41) is 2.59. The second-order valence-corrected chi connectivity index (χ2v) is 3.67. The summed E-state index contributed by atoms with van der Waals surface area (Å²) in [6.07, 6.45) is 1.84. The number of nitrogens with one attached hydrogen (secondary N) is 1. The molecule has 1 amide bonds. The monoisotopic (exact) mass is 233 g/mol. The summed E-state index contributed by atoms with van der Waals surface area (Å²) in [7, 11) is 1.61. The van der Waals surface area contributed by atoms with E-state index in [1.54, 1.807) is 7.05 Å². The third kappa shape index (κ3) is 2.41. The third-order valence-electron chi connectivity index (χ3n) is 2.53. The third-order valence-corrected chi connectivity index (χ3v) is 2.53. The molecule has 4 nitrogen and oxygen atoms in total. The molecule has 0 unspecified atom stereocenters. The predicted octanol–water partition coefficient (Wildman–Crippen LogP) is 1.61. The van der Waals surface area contributed by atoms with Gasteiger partial charge in [0.1, 0.15) is 18.1 Å². The van der Waals surface area contributed by atoms with Crippen molar-refractivity contribution < 1.29 is 14.3 Å². The number of hydrogen-bond acceptors (Lipinski definition) is 3. The van der Waals surface area contributed by atoms with Gasteiger partial charge in [-0.2, -0.15) is 0 Å². The summed E-state index contributed by atoms with van der Waals surface area (Å²) >= 11 is 0. The molecule has 0 atom stereocenters. The van der Waals surface area contributed by atoms with Gasteiger partial charge >= 0.3 is 0 Å². The zero-order valence-corrected chi connectivity index (χ0v) is 9.95. The number of rotatable bonds is 3. The number of fused-ring (bicyclic) bond motifs is 1. The molecule has 1 aromatic carbocycles. The number of ether oxygens (including phenoxy) is 2. The summed E-state index contributed by atoms with van der Waals surface area (Å²) < 4.78 is 10.9. The van der Waals surface area contributed by atoms with E-state index in [2.05, 4.69) is 5.32 Å². The lowest BCUT2D eigenvalue weighted by Gasteiger charge is -2.17. The molecule has 0 aromatic heterocycles. The highest BCUT2D eigenvalue weighted by atomic mass is 16.5. The molecule has 90 valence electrons. The molecule has 1 aromatic rings. The normalized spacial score (nSPS) is 13.2. The molecule has 1 N–H and O–H groups in total. The Kier molecular flexibility index (Phi) is 3.32. The summed E-state index contributed by atoms with van der Waals surface area (Å²) in [6.45, 7) is 2.85. The van der Waals surface area contributed by atoms with Gasteiger partial charge in [-0.15, -0.1) is 0 Å². The smallest absolute Gasteiger partial charge is 0.250 e. The Hall–Kier alpha value is -1.97. The van der Waals surface area contributed by atoms with Crippen molar-refractivity contribution in [2.75, 3.05) is 20.3 Å². The van der Waals surface area contributed by atoms with Gasteiger partial charge in [0.2, 0.25) is 5.91 Å². The fourth-order valence-corrected chi connectivity index (χ4v) is 1.69. The maximum atomic E-state index is 11.5. The van der Waals surface area contributed by atoms with Crippen molar-refractivity contribution in [3.63, 3.8) is 0 Å². The topological polar surface area (TPSA) is 47.6 Å². The Bertz CT molecular complexity index is 466. The first-order chi connectivity index (χ1) is 8.24. The summed E-state index contributed by atoms with van der Waals surface area (Å²) in [5.74, 6) is 1.43. The van der Waals surface area contributed by atoms with E-state index >= 15 is 0 Å². The van der Waals surface area contributed by atoms with Crippen LogP contribution in [0.4, 0.5) is 0 Å². The molecule has 4 heteroatoms. The van der Waals surface area contributed by atoms with Crippen LogP contribution in [0.5, 0.6) is 11.5 Å². The van der Waals surface area contributed by atoms with Crippen molar-refractivity contribution in [1.82, 2.24) is 5.32 Å². The molecular weight excluding hydrogens is 218 g/mol. The zero-order valence-electron chi connectivity index (χ0n) is 9.95. The Balaban J connectivity index is 2.27. The van der Waals surface area contributed by atoms with Crippen molar-refractivity contribution in [2.45, 2.75) is 6.92 Å². The van der Waals surface area contributed by atoms with Crippen LogP contribution < -0.4 is 14.8 Å². The zero-order chi connectivity index (χ0) is 12.3. The molecule has 0 fully saturated rings. The molecule has 0 radical (unpaired) electrons. The van der Waals surface area contributed by atoms with Crippen molar-refractivity contribution in [3.8, 4) is 11.5 Å². The maximum absolute atomic E-state index is 11.5. The standard InChI is InChI=1S/C13H15NO3/c1-3-16-11-5-4-9-6-10(13(15)14-2)8-17-12(9)7-11/h4-7H,3,8H2,1-2H3,(H,14,15). The number of benzene rings is 1. The molecule has 1 aliphatic heterocycles. The van der Waals surface area contributed by atoms with Crippen LogP contribution in [0.25, 0.3) is 6.08 Å². The van der Waals surface area contributed by atoms with E-state index in [0.29, 0.717) is 18.8 Å². The SMILES string of the molecule is CCOc1ccc2c(c1)OCC(C(=O)NC)=C2. The molecule has 17 heavy (non-hydrogen) atoms. The van der Waals surface area contributed by atoms with Gasteiger partial charge < -0.3 is 14.8 Å². The van der Waals surface area contributed by atoms with E-state index < -0.39 is 0 Å². The minimum atomic E-state index is -0.107. The van der Waals surface area contributed by atoms with E-state index in [4.69, 9.17) is 9.47 Å². The summed E-state index contributed by atoms with van der Waals surface area (Å²) in [5.41, 5.74) is 1.53. The fraction of sp³-hybridized carbons (Fsp3) is 0.308. The van der Waals surface area contributed by atoms with E-state index in [1.165, 1.54) is 0 Å². The lowest BCUT2D eigenvalue weighted by Crippen LogP contribution is -2.25. The second kappa shape index (κ2) is 4.91. The Morgan fingerprint density at radius 1 is 1.53 bits per heavy atom. The molecule has 0 spiro atoms. The van der Waals surface area contributed by atoms with Gasteiger partial charge in [0.15, 0.2) is 0 Å². The van der Waals surface area contributed by atoms with Crippen molar-refractivity contribution in [3.05, 3.63) is 29.3 Å². The van der Waals surface area contributed by atoms with E-state index in [1.807, 2.05) is 31.2 Å². The molecule has 2 rings (SSSR count). The summed E-state index contributed by atoms with van der Waals surface area (Å²) in [6, 6.07) is 5.60. The van der Waals surface area contributed by atoms with Crippen LogP contribution in [0.2, 0.25) is 0 Å². The largest absolute Gasteiger partial charge is 0.494 e. The minimum absolute atomic E-state index is 0.107. The van der Waals surface area contributed by atoms with Gasteiger partial charge in [-0.25, -0.2) is 0 Å². The van der Waals surface area contributed by atoms with Crippen molar-refractivity contribution >= 4 is 12.0 Å². The van der Waals surface area contributed by atoms with Crippen LogP contribution in [-0.2, 0) is 4.79 Å². The van der Waals surface area contributed by atoms with E-state index in [-0.39, 0.29) is 5.91 Å². The number of likely N-dealkylation sites (N-methyl/N-ethyl adjacent to an activating group) is 1. The lowest BCUT2D eigenvalue weighted by atomic mass is 10.1. The van der Waals surface area contributed by atoms with Gasteiger partial charge in [-0.3, -0.25) is 4.79 Å². The minimum Gasteiger partial charge on any atom is -0.494 e. The highest BCUT2D eigenvalue weighted by molar-refractivity contribution is 5.98. The summed E-state index contributed by atoms with van der Waals surface area (Å²) in [4.78, 5) is 11.5. The first-order valence-electron chi connectivity index (χ1n) is 5.57. The Morgan fingerprint density at radius 2 is 2.35 bits per heavy atom. The van der Waals surface area contributed by atoms with Crippen molar-refractivity contribution in [1.29, 1.82) is 0 Å². The number of carbonyl (C=O) groups is 1. The fourth-order valence-electron chi connectivity index (χ4n) is 1.69. The predicted molar refractivity (Wildman–Crippen MR) is 65.1 cm³/mol. The number of hydrogen-bond donors (Lipinski definition) is 1. The maximum Gasteiger partial charge on any atom is 0.250 e. The quantitative estimate of drug-likeness (QED) is 0.862. The first-order valence-corrected chi connectivity index (χ1v) is 5.57. The van der Waals surface area contributed by atoms with Gasteiger partial charge in [0.25, 0.3) is 0 Å². The molecule has 0 saturated heterocycles. The van der Waals surface area contributed by atoms with Crippen LogP contribution in [0.15, 0.2) is 23.8 Å². The molecule has 0 aliphatic carbocycles. The second-order valence-electron chi connectivity index (χ2n) is 3.67. The highest BCUT2D eigenvalue weighted by Gasteiger charge is 2.16. The van der Waals surface area contributed by atoms with E-state index in [9.17, 15) is 4.79 Å². The molecule has 1 aliphatic rings. The Labute approximate surface area is 100 Å². The van der Waals surface area contributed by atoms with Gasteiger partial charge in [-0.05, 0) is 25.1 Å². The highest BCUT2D eigenvalue weighted by Crippen LogP contribution is 2.30. The molecule has 0 saturated carbocycles. The lowest BCUT2D eigenvalue weighted by molar-refractivity contribution is -0.117. The van der Waals surface area contributed by atoms with Gasteiger partial charge in [0, 0.05) is 18.7 Å². The average Bonchev–Trinajstić information content (AvgIpc) is 2.37. The molecule has 0 bridgehead atoms. The number of carbonyl (C=O) groups excluding carboxylic acids is 1. The van der Waals surface area contributed by atoms with Crippen LogP contribution in [0.3, 0.4) is 0 Å². The first kappa shape index (κ1) is 11.5. The van der Waals surface area contributed by atoms with Gasteiger partial charge in [-0.1, -0.05) is 0 Å². The van der Waals surface area contributed by atoms with Crippen molar-refractivity contribution in [2.24, 2.45) is 0 Å². The Morgan fingerprint density at radius 3 is 3.06 bits per heavy atom. The van der Waals surface area contributed by atoms with Gasteiger partial charge in [0.05, 0.1) is 12.2 Å². The molecule has 1 heterocycles. The number of amides is 1. The molecular formula is C13H15NO3. The van der Waals surface area contributed by atoms with Crippen LogP contribution >= 0.6 is 0 Å². The van der Waals surface area contributed by atoms with Crippen LogP contribution in [-0.4, -0.2) is 26.2 Å². The average molecular weight is 233 g/mol.